The van der Waals surface area contributed by atoms with Crippen molar-refractivity contribution in [1.29, 1.82) is 0 Å². The second kappa shape index (κ2) is 11.0. The Balaban J connectivity index is 1.54. The standard InChI is InChI=1S/C26H18Cl2N8O6/c1-13(37)33-32-12-26(20(28)5-3-7-30-26)36-24(41)16-8-14-15(9-17(16)25(36)42)23(40)35(22(14)39)11-21(38)34-31-10-19-18(27)4-2-6-29-19/h2-10,12,30H,11H2,1H3,(H,33,37)(H,34,38)/b31-10+,32-12+. The summed E-state index contributed by atoms with van der Waals surface area (Å²) in [5.74, 6) is -1.30. The number of hydrogen-bond acceptors (Lipinski definition) is 10. The zero-order valence-corrected chi connectivity index (χ0v) is 22.9. The van der Waals surface area contributed by atoms with Gasteiger partial charge in [0, 0.05) is 13.1 Å². The molecule has 14 nitrogen and oxygen atoms in total. The summed E-state index contributed by atoms with van der Waals surface area (Å²) in [6.45, 7) is 0.531. The molecular formula is C26H18Cl2N8O6. The molecule has 1 aromatic carbocycles. The van der Waals surface area contributed by atoms with Gasteiger partial charge in [-0.1, -0.05) is 23.2 Å². The van der Waals surface area contributed by atoms with Crippen LogP contribution in [0.1, 0.15) is 12.6 Å². The number of nitrogens with zero attached hydrogens (tertiary/aromatic N) is 5. The molecule has 5 rings (SSSR count). The zero-order chi connectivity index (χ0) is 30.2. The van der Waals surface area contributed by atoms with Gasteiger partial charge in [0.15, 0.2) is 5.66 Å². The summed E-state index contributed by atoms with van der Waals surface area (Å²) < 4.78 is 1.44. The predicted molar refractivity (Wildman–Crippen MR) is 156 cm³/mol. The summed E-state index contributed by atoms with van der Waals surface area (Å²) >= 11 is 12.4. The lowest BCUT2D eigenvalue weighted by Gasteiger charge is -2.32. The van der Waals surface area contributed by atoms with E-state index in [1.54, 1.807) is 12.1 Å². The molecule has 1 aliphatic heterocycles. The maximum absolute atomic E-state index is 13.6. The maximum atomic E-state index is 13.6. The molecule has 0 saturated carbocycles. The quantitative estimate of drug-likeness (QED) is 0.195. The molecule has 4 aromatic rings. The van der Waals surface area contributed by atoms with Gasteiger partial charge in [-0.2, -0.15) is 10.2 Å². The first kappa shape index (κ1) is 28.3. The van der Waals surface area contributed by atoms with Crippen molar-refractivity contribution in [3.63, 3.8) is 0 Å². The highest BCUT2D eigenvalue weighted by atomic mass is 35.5. The molecule has 212 valence electrons. The number of carbonyl (C=O) groups excluding carboxylic acids is 2. The molecule has 1 unspecified atom stereocenters. The number of rotatable bonds is 7. The first-order valence-electron chi connectivity index (χ1n) is 12.0. The Morgan fingerprint density at radius 3 is 2.24 bits per heavy atom. The highest BCUT2D eigenvalue weighted by molar-refractivity contribution is 6.33. The van der Waals surface area contributed by atoms with Crippen molar-refractivity contribution in [2.75, 3.05) is 0 Å². The molecule has 1 aliphatic rings. The monoisotopic (exact) mass is 608 g/mol. The number of amides is 2. The third kappa shape index (κ3) is 4.82. The number of carbonyl (C=O) groups is 2. The van der Waals surface area contributed by atoms with Gasteiger partial charge in [-0.05, 0) is 42.6 Å². The van der Waals surface area contributed by atoms with E-state index in [0.717, 1.165) is 22.9 Å². The molecule has 16 heteroatoms. The third-order valence-electron chi connectivity index (χ3n) is 6.27. The molecule has 3 N–H and O–H groups in total. The number of fused-ring (bicyclic) bond motifs is 2. The van der Waals surface area contributed by atoms with Gasteiger partial charge in [-0.25, -0.2) is 15.4 Å². The fourth-order valence-electron chi connectivity index (χ4n) is 4.37. The van der Waals surface area contributed by atoms with Crippen LogP contribution >= 0.6 is 23.2 Å². The SMILES string of the molecule is CC(=O)N/N=C/C1(n2c(=O)c3cc4c(=O)n(CC(=O)N/N=C/c5ncccc5Cl)c(=O)c4cc3c2=O)NC=CC=C1Cl. The number of hydrazone groups is 2. The Kier molecular flexibility index (Phi) is 7.41. The Morgan fingerprint density at radius 2 is 1.64 bits per heavy atom. The van der Waals surface area contributed by atoms with E-state index in [9.17, 15) is 28.8 Å². The van der Waals surface area contributed by atoms with Crippen molar-refractivity contribution in [2.45, 2.75) is 19.1 Å². The number of allylic oxidation sites excluding steroid dienone is 2. The van der Waals surface area contributed by atoms with E-state index < -0.39 is 46.3 Å². The minimum absolute atomic E-state index is 0.0292. The average molecular weight is 609 g/mol. The molecule has 0 saturated heterocycles. The van der Waals surface area contributed by atoms with Gasteiger partial charge < -0.3 is 5.32 Å². The molecule has 0 aliphatic carbocycles. The Labute approximate surface area is 243 Å². The number of aromatic nitrogens is 3. The number of dihydropyridines is 1. The summed E-state index contributed by atoms with van der Waals surface area (Å²) in [4.78, 5) is 81.1. The molecule has 0 radical (unpaired) electrons. The lowest BCUT2D eigenvalue weighted by atomic mass is 10.1. The molecule has 42 heavy (non-hydrogen) atoms. The topological polar surface area (TPSA) is 186 Å². The van der Waals surface area contributed by atoms with Gasteiger partial charge in [-0.3, -0.25) is 38.3 Å². The Hall–Kier alpha value is -5.21. The fourth-order valence-corrected chi connectivity index (χ4v) is 4.80. The van der Waals surface area contributed by atoms with Gasteiger partial charge in [-0.15, -0.1) is 0 Å². The average Bonchev–Trinajstić information content (AvgIpc) is 3.34. The number of nitrogens with one attached hydrogen (secondary N) is 3. The smallest absolute Gasteiger partial charge is 0.264 e. The van der Waals surface area contributed by atoms with Crippen molar-refractivity contribution < 1.29 is 9.59 Å². The molecule has 0 fully saturated rings. The van der Waals surface area contributed by atoms with Crippen LogP contribution in [0.4, 0.5) is 0 Å². The predicted octanol–water partition coefficient (Wildman–Crippen LogP) is 0.125. The highest BCUT2D eigenvalue weighted by Crippen LogP contribution is 2.27. The second-order valence-electron chi connectivity index (χ2n) is 8.96. The van der Waals surface area contributed by atoms with E-state index >= 15 is 0 Å². The van der Waals surface area contributed by atoms with Crippen LogP contribution in [0.5, 0.6) is 0 Å². The number of halogens is 2. The van der Waals surface area contributed by atoms with Crippen LogP contribution in [-0.4, -0.2) is 38.4 Å². The minimum atomic E-state index is -1.81. The van der Waals surface area contributed by atoms with Crippen molar-refractivity contribution >= 4 is 69.0 Å². The molecule has 1 atom stereocenters. The molecular weight excluding hydrogens is 591 g/mol. The van der Waals surface area contributed by atoms with Gasteiger partial charge >= 0.3 is 0 Å². The number of hydrogen-bond donors (Lipinski definition) is 3. The normalized spacial score (nSPS) is 16.8. The van der Waals surface area contributed by atoms with E-state index in [0.29, 0.717) is 9.59 Å². The third-order valence-corrected chi connectivity index (χ3v) is 7.01. The lowest BCUT2D eigenvalue weighted by Crippen LogP contribution is -2.56. The number of pyridine rings is 1. The highest BCUT2D eigenvalue weighted by Gasteiger charge is 2.39. The molecule has 3 aromatic heterocycles. The van der Waals surface area contributed by atoms with Gasteiger partial charge in [0.2, 0.25) is 5.91 Å². The van der Waals surface area contributed by atoms with Crippen molar-refractivity contribution in [3.05, 3.63) is 106 Å². The molecule has 2 amide bonds. The zero-order valence-electron chi connectivity index (χ0n) is 21.4. The summed E-state index contributed by atoms with van der Waals surface area (Å²) in [6.07, 6.45) is 8.12. The summed E-state index contributed by atoms with van der Waals surface area (Å²) in [6, 6.07) is 5.44. The van der Waals surface area contributed by atoms with Gasteiger partial charge in [0.1, 0.15) is 12.2 Å². The van der Waals surface area contributed by atoms with Gasteiger partial charge in [0.05, 0.1) is 44.0 Å². The van der Waals surface area contributed by atoms with Crippen molar-refractivity contribution in [1.82, 2.24) is 30.3 Å². The maximum Gasteiger partial charge on any atom is 0.264 e. The summed E-state index contributed by atoms with van der Waals surface area (Å²) in [5.41, 5.74) is -0.527. The van der Waals surface area contributed by atoms with E-state index in [4.69, 9.17) is 23.2 Å². The summed E-state index contributed by atoms with van der Waals surface area (Å²) in [7, 11) is 0. The largest absolute Gasteiger partial charge is 0.359 e. The minimum Gasteiger partial charge on any atom is -0.359 e. The molecule has 4 heterocycles. The molecule has 0 bridgehead atoms. The fraction of sp³-hybridized carbons (Fsp3) is 0.115. The Bertz CT molecular complexity index is 2040. The van der Waals surface area contributed by atoms with E-state index in [1.807, 2.05) is 0 Å². The van der Waals surface area contributed by atoms with Crippen LogP contribution in [0.2, 0.25) is 5.02 Å². The van der Waals surface area contributed by atoms with Crippen LogP contribution in [0.15, 0.2) is 83.2 Å². The van der Waals surface area contributed by atoms with Crippen molar-refractivity contribution in [2.24, 2.45) is 10.2 Å². The number of benzene rings is 1. The van der Waals surface area contributed by atoms with Crippen LogP contribution in [-0.2, 0) is 21.8 Å². The molecule has 0 spiro atoms. The van der Waals surface area contributed by atoms with Crippen molar-refractivity contribution in [3.8, 4) is 0 Å². The van der Waals surface area contributed by atoms with E-state index in [-0.39, 0.29) is 32.3 Å². The van der Waals surface area contributed by atoms with Crippen LogP contribution in [0.25, 0.3) is 21.5 Å². The first-order chi connectivity index (χ1) is 20.0. The van der Waals surface area contributed by atoms with Gasteiger partial charge in [0.25, 0.3) is 28.1 Å². The van der Waals surface area contributed by atoms with Crippen LogP contribution in [0.3, 0.4) is 0 Å². The Morgan fingerprint density at radius 1 is 1.00 bits per heavy atom. The van der Waals surface area contributed by atoms with Crippen LogP contribution in [0, 0.1) is 0 Å². The van der Waals surface area contributed by atoms with E-state index in [2.05, 4.69) is 31.4 Å². The van der Waals surface area contributed by atoms with E-state index in [1.165, 1.54) is 37.7 Å². The lowest BCUT2D eigenvalue weighted by molar-refractivity contribution is -0.121. The second-order valence-corrected chi connectivity index (χ2v) is 9.77. The first-order valence-corrected chi connectivity index (χ1v) is 12.8. The van der Waals surface area contributed by atoms with Crippen LogP contribution < -0.4 is 38.4 Å². The summed E-state index contributed by atoms with van der Waals surface area (Å²) in [5, 5.41) is 9.94.